The highest BCUT2D eigenvalue weighted by Crippen LogP contribution is 2.26. The van der Waals surface area contributed by atoms with Gasteiger partial charge in [0.15, 0.2) is 0 Å². The van der Waals surface area contributed by atoms with E-state index in [1.165, 1.54) is 23.4 Å². The Morgan fingerprint density at radius 1 is 1.36 bits per heavy atom. The van der Waals surface area contributed by atoms with Crippen molar-refractivity contribution in [3.63, 3.8) is 0 Å². The van der Waals surface area contributed by atoms with E-state index in [1.807, 2.05) is 13.8 Å². The fourth-order valence-electron chi connectivity index (χ4n) is 2.17. The molecule has 1 heterocycles. The third-order valence-corrected chi connectivity index (χ3v) is 3.71. The van der Waals surface area contributed by atoms with Crippen molar-refractivity contribution in [2.45, 2.75) is 32.9 Å². The molecule has 0 aliphatic rings. The zero-order valence-corrected chi connectivity index (χ0v) is 13.4. The fourth-order valence-corrected chi connectivity index (χ4v) is 2.33. The lowest BCUT2D eigenvalue weighted by atomic mass is 9.95. The summed E-state index contributed by atoms with van der Waals surface area (Å²) in [6, 6.07) is 3.49. The number of hydrogen-bond donors (Lipinski definition) is 1. The molecule has 2 aromatic rings. The van der Waals surface area contributed by atoms with Crippen molar-refractivity contribution in [2.75, 3.05) is 0 Å². The molecule has 0 radical (unpaired) electrons. The van der Waals surface area contributed by atoms with Crippen molar-refractivity contribution in [3.05, 3.63) is 47.3 Å². The lowest BCUT2D eigenvalue weighted by Gasteiger charge is -2.25. The van der Waals surface area contributed by atoms with Crippen LogP contribution in [0.3, 0.4) is 0 Å². The van der Waals surface area contributed by atoms with Gasteiger partial charge in [-0.15, -0.1) is 0 Å². The maximum Gasteiger partial charge on any atom is 0.245 e. The molecule has 0 saturated heterocycles. The highest BCUT2D eigenvalue weighted by molar-refractivity contribution is 6.30. The number of carbonyl (C=O) groups is 1. The van der Waals surface area contributed by atoms with Crippen LogP contribution in [-0.4, -0.2) is 20.7 Å². The number of benzene rings is 1. The van der Waals surface area contributed by atoms with Crippen molar-refractivity contribution in [3.8, 4) is 0 Å². The summed E-state index contributed by atoms with van der Waals surface area (Å²) in [4.78, 5) is 16.2. The van der Waals surface area contributed by atoms with Crippen molar-refractivity contribution in [2.24, 2.45) is 5.92 Å². The van der Waals surface area contributed by atoms with E-state index in [9.17, 15) is 9.18 Å². The molecule has 0 saturated carbocycles. The van der Waals surface area contributed by atoms with Crippen LogP contribution in [-0.2, 0) is 4.79 Å². The average molecular weight is 325 g/mol. The Morgan fingerprint density at radius 2 is 2.09 bits per heavy atom. The molecule has 0 aliphatic carbocycles. The average Bonchev–Trinajstić information content (AvgIpc) is 2.98. The van der Waals surface area contributed by atoms with Crippen molar-refractivity contribution >= 4 is 17.5 Å². The molecule has 0 aliphatic heterocycles. The van der Waals surface area contributed by atoms with Crippen LogP contribution < -0.4 is 5.32 Å². The normalized spacial score (nSPS) is 13.9. The van der Waals surface area contributed by atoms with Gasteiger partial charge in [0.05, 0.1) is 6.04 Å². The molecule has 7 heteroatoms. The minimum atomic E-state index is -0.529. The number of rotatable bonds is 5. The summed E-state index contributed by atoms with van der Waals surface area (Å²) in [6.45, 7) is 5.54. The van der Waals surface area contributed by atoms with E-state index < -0.39 is 17.9 Å². The van der Waals surface area contributed by atoms with Crippen LogP contribution in [0.2, 0.25) is 5.02 Å². The number of hydrogen-bond acceptors (Lipinski definition) is 3. The van der Waals surface area contributed by atoms with E-state index in [2.05, 4.69) is 15.4 Å². The van der Waals surface area contributed by atoms with Crippen LogP contribution in [0, 0.1) is 11.7 Å². The molecule has 1 aromatic carbocycles. The molecule has 2 rings (SSSR count). The smallest absolute Gasteiger partial charge is 0.245 e. The second kappa shape index (κ2) is 6.87. The standard InChI is InChI=1S/C15H18ClFN4O/c1-9(2)14(12-5-4-11(16)6-13(12)17)20-15(22)10(3)21-8-18-7-19-21/h4-10,14H,1-3H3,(H,20,22)/t10-,14-/m1/s1. The van der Waals surface area contributed by atoms with Gasteiger partial charge >= 0.3 is 0 Å². The SMILES string of the molecule is CC(C)[C@@H](NC(=O)[C@@H](C)n1cncn1)c1ccc(Cl)cc1F. The van der Waals surface area contributed by atoms with E-state index >= 15 is 0 Å². The molecule has 0 fully saturated rings. The summed E-state index contributed by atoms with van der Waals surface area (Å²) in [6.07, 6.45) is 2.83. The Morgan fingerprint density at radius 3 is 2.64 bits per heavy atom. The van der Waals surface area contributed by atoms with Gasteiger partial charge in [0, 0.05) is 10.6 Å². The summed E-state index contributed by atoms with van der Waals surface area (Å²) in [5, 5.41) is 7.14. The highest BCUT2D eigenvalue weighted by Gasteiger charge is 2.25. The van der Waals surface area contributed by atoms with Gasteiger partial charge < -0.3 is 5.32 Å². The molecule has 0 bridgehead atoms. The van der Waals surface area contributed by atoms with Crippen LogP contribution in [0.4, 0.5) is 4.39 Å². The third-order valence-electron chi connectivity index (χ3n) is 3.47. The van der Waals surface area contributed by atoms with Crippen LogP contribution in [0.5, 0.6) is 0 Å². The molecule has 22 heavy (non-hydrogen) atoms. The molecule has 1 amide bonds. The first-order chi connectivity index (χ1) is 10.4. The number of carbonyl (C=O) groups excluding carboxylic acids is 1. The molecule has 0 unspecified atom stereocenters. The highest BCUT2D eigenvalue weighted by atomic mass is 35.5. The van der Waals surface area contributed by atoms with Crippen LogP contribution in [0.15, 0.2) is 30.9 Å². The first kappa shape index (κ1) is 16.4. The molecule has 1 aromatic heterocycles. The number of nitrogens with one attached hydrogen (secondary N) is 1. The zero-order chi connectivity index (χ0) is 16.3. The molecular formula is C15H18ClFN4O. The Kier molecular flexibility index (Phi) is 5.13. The Hall–Kier alpha value is -1.95. The summed E-state index contributed by atoms with van der Waals surface area (Å²) in [5.41, 5.74) is 0.415. The number of aromatic nitrogens is 3. The van der Waals surface area contributed by atoms with Gasteiger partial charge in [-0.2, -0.15) is 5.10 Å². The summed E-state index contributed by atoms with van der Waals surface area (Å²) >= 11 is 5.78. The molecule has 5 nitrogen and oxygen atoms in total. The fraction of sp³-hybridized carbons (Fsp3) is 0.400. The minimum Gasteiger partial charge on any atom is -0.347 e. The van der Waals surface area contributed by atoms with Crippen LogP contribution in [0.1, 0.15) is 38.4 Å². The zero-order valence-electron chi connectivity index (χ0n) is 12.6. The summed E-state index contributed by atoms with van der Waals surface area (Å²) < 4.78 is 15.6. The van der Waals surface area contributed by atoms with E-state index in [0.717, 1.165) is 0 Å². The quantitative estimate of drug-likeness (QED) is 0.919. The Labute approximate surface area is 133 Å². The van der Waals surface area contributed by atoms with Crippen molar-refractivity contribution in [1.29, 1.82) is 0 Å². The maximum atomic E-state index is 14.1. The van der Waals surface area contributed by atoms with Gasteiger partial charge in [0.25, 0.3) is 0 Å². The minimum absolute atomic E-state index is 0.0163. The Bertz CT molecular complexity index is 645. The first-order valence-electron chi connectivity index (χ1n) is 6.99. The monoisotopic (exact) mass is 324 g/mol. The largest absolute Gasteiger partial charge is 0.347 e. The van der Waals surface area contributed by atoms with Crippen LogP contribution >= 0.6 is 11.6 Å². The van der Waals surface area contributed by atoms with Gasteiger partial charge in [-0.1, -0.05) is 31.5 Å². The second-order valence-corrected chi connectivity index (χ2v) is 5.88. The van der Waals surface area contributed by atoms with Gasteiger partial charge in [-0.3, -0.25) is 4.79 Å². The molecule has 118 valence electrons. The molecule has 1 N–H and O–H groups in total. The van der Waals surface area contributed by atoms with Gasteiger partial charge in [0.1, 0.15) is 24.5 Å². The number of halogens is 2. The topological polar surface area (TPSA) is 59.8 Å². The lowest BCUT2D eigenvalue weighted by Crippen LogP contribution is -2.37. The lowest BCUT2D eigenvalue weighted by molar-refractivity contribution is -0.125. The predicted octanol–water partition coefficient (Wildman–Crippen LogP) is 3.15. The third kappa shape index (κ3) is 3.62. The predicted molar refractivity (Wildman–Crippen MR) is 81.9 cm³/mol. The Balaban J connectivity index is 2.20. The summed E-state index contributed by atoms with van der Waals surface area (Å²) in [7, 11) is 0. The van der Waals surface area contributed by atoms with Gasteiger partial charge in [0.2, 0.25) is 5.91 Å². The van der Waals surface area contributed by atoms with Crippen molar-refractivity contribution < 1.29 is 9.18 Å². The van der Waals surface area contributed by atoms with Crippen LogP contribution in [0.25, 0.3) is 0 Å². The molecule has 0 spiro atoms. The van der Waals surface area contributed by atoms with E-state index in [-0.39, 0.29) is 11.8 Å². The van der Waals surface area contributed by atoms with E-state index in [1.54, 1.807) is 19.1 Å². The number of nitrogens with zero attached hydrogens (tertiary/aromatic N) is 3. The number of amides is 1. The molecule has 2 atom stereocenters. The van der Waals surface area contributed by atoms with Gasteiger partial charge in [-0.05, 0) is 25.0 Å². The van der Waals surface area contributed by atoms with E-state index in [0.29, 0.717) is 10.6 Å². The van der Waals surface area contributed by atoms with Crippen molar-refractivity contribution in [1.82, 2.24) is 20.1 Å². The summed E-state index contributed by atoms with van der Waals surface area (Å²) in [5.74, 6) is -0.666. The molecular weight excluding hydrogens is 307 g/mol. The van der Waals surface area contributed by atoms with E-state index in [4.69, 9.17) is 11.6 Å². The maximum absolute atomic E-state index is 14.1. The van der Waals surface area contributed by atoms with Gasteiger partial charge in [-0.25, -0.2) is 14.1 Å². The second-order valence-electron chi connectivity index (χ2n) is 5.45. The first-order valence-corrected chi connectivity index (χ1v) is 7.37.